The Morgan fingerprint density at radius 2 is 2.21 bits per heavy atom. The van der Waals surface area contributed by atoms with Gasteiger partial charge < -0.3 is 10.1 Å². The lowest BCUT2D eigenvalue weighted by Gasteiger charge is -2.18. The maximum atomic E-state index is 10.8. The zero-order valence-electron chi connectivity index (χ0n) is 7.23. The van der Waals surface area contributed by atoms with Gasteiger partial charge in [-0.25, -0.2) is 0 Å². The van der Waals surface area contributed by atoms with Crippen molar-refractivity contribution in [3.63, 3.8) is 0 Å². The zero-order valence-corrected chi connectivity index (χ0v) is 8.04. The second kappa shape index (κ2) is 3.23. The first-order chi connectivity index (χ1) is 6.57. The Kier molecular flexibility index (Phi) is 2.18. The molecule has 2 N–H and O–H groups in total. The van der Waals surface area contributed by atoms with E-state index in [-0.39, 0.29) is 4.90 Å². The minimum absolute atomic E-state index is 0.108. The highest BCUT2D eigenvalue weighted by Crippen LogP contribution is 2.23. The summed E-state index contributed by atoms with van der Waals surface area (Å²) >= 11 is 0. The van der Waals surface area contributed by atoms with Crippen LogP contribution in [0.15, 0.2) is 23.1 Å². The zero-order chi connectivity index (χ0) is 10.2. The van der Waals surface area contributed by atoms with Gasteiger partial charge in [-0.05, 0) is 18.2 Å². The molecule has 1 aromatic carbocycles. The molecule has 0 fully saturated rings. The van der Waals surface area contributed by atoms with E-state index in [1.54, 1.807) is 6.07 Å². The lowest BCUT2D eigenvalue weighted by Crippen LogP contribution is -2.14. The average molecular weight is 215 g/mol. The number of hydrogen-bond donors (Lipinski definition) is 2. The molecule has 0 spiro atoms. The summed E-state index contributed by atoms with van der Waals surface area (Å²) < 4.78 is 35.5. The lowest BCUT2D eigenvalue weighted by atomic mass is 10.2. The van der Waals surface area contributed by atoms with Gasteiger partial charge in [0.25, 0.3) is 10.1 Å². The summed E-state index contributed by atoms with van der Waals surface area (Å²) in [7, 11) is -4.12. The van der Waals surface area contributed by atoms with Crippen LogP contribution in [-0.2, 0) is 21.5 Å². The highest BCUT2D eigenvalue weighted by molar-refractivity contribution is 7.85. The van der Waals surface area contributed by atoms with Crippen LogP contribution < -0.4 is 5.32 Å². The van der Waals surface area contributed by atoms with Crippen LogP contribution in [-0.4, -0.2) is 19.7 Å². The van der Waals surface area contributed by atoms with E-state index in [9.17, 15) is 8.42 Å². The predicted octanol–water partition coefficient (Wildman–Crippen LogP) is 0.833. The van der Waals surface area contributed by atoms with Gasteiger partial charge in [0.05, 0.1) is 11.5 Å². The summed E-state index contributed by atoms with van der Waals surface area (Å²) in [5, 5.41) is 2.94. The number of rotatable bonds is 1. The van der Waals surface area contributed by atoms with Crippen molar-refractivity contribution in [2.75, 3.05) is 12.0 Å². The van der Waals surface area contributed by atoms with Gasteiger partial charge in [-0.15, -0.1) is 0 Å². The Hall–Kier alpha value is -1.11. The summed E-state index contributed by atoms with van der Waals surface area (Å²) in [6, 6.07) is 4.37. The molecule has 0 saturated heterocycles. The largest absolute Gasteiger partial charge is 0.362 e. The highest BCUT2D eigenvalue weighted by Gasteiger charge is 2.14. The van der Waals surface area contributed by atoms with Crippen LogP contribution in [0.5, 0.6) is 0 Å². The van der Waals surface area contributed by atoms with Crippen LogP contribution in [0.4, 0.5) is 5.69 Å². The third-order valence-corrected chi connectivity index (χ3v) is 2.85. The first kappa shape index (κ1) is 9.45. The van der Waals surface area contributed by atoms with Gasteiger partial charge in [0.2, 0.25) is 0 Å². The molecule has 0 aromatic heterocycles. The van der Waals surface area contributed by atoms with E-state index in [2.05, 4.69) is 5.32 Å². The maximum absolute atomic E-state index is 10.8. The first-order valence-corrected chi connectivity index (χ1v) is 5.43. The molecular formula is C8H9NO4S. The Morgan fingerprint density at radius 1 is 1.43 bits per heavy atom. The molecule has 0 amide bonds. The van der Waals surface area contributed by atoms with Crippen molar-refractivity contribution in [2.45, 2.75) is 11.5 Å². The van der Waals surface area contributed by atoms with Crippen LogP contribution in [0.2, 0.25) is 0 Å². The molecule has 2 rings (SSSR count). The van der Waals surface area contributed by atoms with Crippen molar-refractivity contribution < 1.29 is 17.7 Å². The topological polar surface area (TPSA) is 75.6 Å². The maximum Gasteiger partial charge on any atom is 0.294 e. The molecule has 0 aliphatic carbocycles. The Morgan fingerprint density at radius 3 is 2.93 bits per heavy atom. The van der Waals surface area contributed by atoms with Crippen molar-refractivity contribution in [1.29, 1.82) is 0 Å². The van der Waals surface area contributed by atoms with Gasteiger partial charge in [-0.1, -0.05) is 0 Å². The van der Waals surface area contributed by atoms with Crippen molar-refractivity contribution in [3.05, 3.63) is 23.8 Å². The summed E-state index contributed by atoms with van der Waals surface area (Å²) in [5.41, 5.74) is 1.56. The van der Waals surface area contributed by atoms with Gasteiger partial charge in [0.15, 0.2) is 0 Å². The highest BCUT2D eigenvalue weighted by atomic mass is 32.2. The quantitative estimate of drug-likeness (QED) is 0.679. The Balaban J connectivity index is 2.49. The smallest absolute Gasteiger partial charge is 0.294 e. The molecule has 0 saturated carbocycles. The van der Waals surface area contributed by atoms with Crippen molar-refractivity contribution in [3.8, 4) is 0 Å². The second-order valence-corrected chi connectivity index (χ2v) is 4.39. The third kappa shape index (κ3) is 1.72. The normalized spacial score (nSPS) is 15.8. The number of fused-ring (bicyclic) bond motifs is 1. The molecule has 1 heterocycles. The molecule has 1 aliphatic rings. The van der Waals surface area contributed by atoms with E-state index in [0.717, 1.165) is 11.3 Å². The molecule has 0 atom stereocenters. The fraction of sp³-hybridized carbons (Fsp3) is 0.250. The summed E-state index contributed by atoms with van der Waals surface area (Å²) in [6.45, 7) is 0.768. The van der Waals surface area contributed by atoms with Crippen LogP contribution in [0.25, 0.3) is 0 Å². The van der Waals surface area contributed by atoms with Gasteiger partial charge in [-0.2, -0.15) is 8.42 Å². The fourth-order valence-electron chi connectivity index (χ4n) is 1.31. The van der Waals surface area contributed by atoms with E-state index in [4.69, 9.17) is 9.29 Å². The summed E-state index contributed by atoms with van der Waals surface area (Å²) in [5.74, 6) is 0. The number of ether oxygens (including phenoxy) is 1. The van der Waals surface area contributed by atoms with Crippen LogP contribution in [0, 0.1) is 0 Å². The predicted molar refractivity (Wildman–Crippen MR) is 49.5 cm³/mol. The van der Waals surface area contributed by atoms with E-state index < -0.39 is 10.1 Å². The standard InChI is InChI=1S/C8H9NO4S/c10-14(11,12)7-1-2-8-6(3-7)4-13-5-9-8/h1-3,9H,4-5H2,(H,10,11,12). The third-order valence-electron chi connectivity index (χ3n) is 2.00. The van der Waals surface area contributed by atoms with Crippen molar-refractivity contribution in [1.82, 2.24) is 0 Å². The molecule has 6 heteroatoms. The van der Waals surface area contributed by atoms with Gasteiger partial charge in [0, 0.05) is 11.3 Å². The molecule has 76 valence electrons. The van der Waals surface area contributed by atoms with Gasteiger partial charge in [0.1, 0.15) is 6.73 Å². The number of benzene rings is 1. The number of nitrogens with one attached hydrogen (secondary N) is 1. The van der Waals surface area contributed by atoms with E-state index in [1.165, 1.54) is 12.1 Å². The Labute approximate surface area is 81.4 Å². The second-order valence-electron chi connectivity index (χ2n) is 2.96. The first-order valence-electron chi connectivity index (χ1n) is 3.99. The average Bonchev–Trinajstić information content (AvgIpc) is 2.16. The lowest BCUT2D eigenvalue weighted by molar-refractivity contribution is 0.130. The van der Waals surface area contributed by atoms with Gasteiger partial charge in [-0.3, -0.25) is 4.55 Å². The molecule has 1 aliphatic heterocycles. The van der Waals surface area contributed by atoms with E-state index in [1.807, 2.05) is 0 Å². The van der Waals surface area contributed by atoms with E-state index in [0.29, 0.717) is 13.3 Å². The monoisotopic (exact) mass is 215 g/mol. The van der Waals surface area contributed by atoms with Crippen LogP contribution in [0.1, 0.15) is 5.56 Å². The molecular weight excluding hydrogens is 206 g/mol. The molecule has 5 nitrogen and oxygen atoms in total. The Bertz CT molecular complexity index is 454. The molecule has 1 aromatic rings. The van der Waals surface area contributed by atoms with Crippen LogP contribution in [0.3, 0.4) is 0 Å². The molecule has 0 bridgehead atoms. The number of hydrogen-bond acceptors (Lipinski definition) is 4. The SMILES string of the molecule is O=S(=O)(O)c1ccc2c(c1)COCN2. The van der Waals surface area contributed by atoms with Crippen LogP contribution >= 0.6 is 0 Å². The minimum atomic E-state index is -4.12. The molecule has 0 unspecified atom stereocenters. The molecule has 14 heavy (non-hydrogen) atoms. The number of anilines is 1. The van der Waals surface area contributed by atoms with Crippen molar-refractivity contribution in [2.24, 2.45) is 0 Å². The molecule has 0 radical (unpaired) electrons. The van der Waals surface area contributed by atoms with Gasteiger partial charge >= 0.3 is 0 Å². The fourth-order valence-corrected chi connectivity index (χ4v) is 1.84. The summed E-state index contributed by atoms with van der Waals surface area (Å²) in [4.78, 5) is -0.108. The minimum Gasteiger partial charge on any atom is -0.362 e. The summed E-state index contributed by atoms with van der Waals surface area (Å²) in [6.07, 6.45) is 0. The van der Waals surface area contributed by atoms with Crippen molar-refractivity contribution >= 4 is 15.8 Å². The van der Waals surface area contributed by atoms with E-state index >= 15 is 0 Å².